The summed E-state index contributed by atoms with van der Waals surface area (Å²) >= 11 is 9.61. The average molecular weight is 326 g/mol. The van der Waals surface area contributed by atoms with Crippen LogP contribution < -0.4 is 0 Å². The molecule has 4 heteroatoms. The second-order valence-corrected chi connectivity index (χ2v) is 5.31. The van der Waals surface area contributed by atoms with Crippen LogP contribution in [0.1, 0.15) is 24.6 Å². The lowest BCUT2D eigenvalue weighted by Crippen LogP contribution is -1.99. The van der Waals surface area contributed by atoms with Crippen LogP contribution in [0.25, 0.3) is 11.4 Å². The van der Waals surface area contributed by atoms with Gasteiger partial charge in [0.25, 0.3) is 0 Å². The molecule has 0 amide bonds. The highest BCUT2D eigenvalue weighted by molar-refractivity contribution is 9.10. The monoisotopic (exact) mass is 324 g/mol. The molecule has 1 aromatic heterocycles. The lowest BCUT2D eigenvalue weighted by Gasteiger charge is -2.09. The second kappa shape index (κ2) is 5.81. The normalized spacial score (nSPS) is 10.7. The molecule has 0 N–H and O–H groups in total. The Hall–Kier alpha value is -0.930. The maximum atomic E-state index is 6.16. The van der Waals surface area contributed by atoms with Crippen LogP contribution in [0.15, 0.2) is 28.7 Å². The number of hydrogen-bond acceptors (Lipinski definition) is 2. The summed E-state index contributed by atoms with van der Waals surface area (Å²) in [5.41, 5.74) is 3.15. The van der Waals surface area contributed by atoms with Crippen molar-refractivity contribution in [3.05, 3.63) is 45.1 Å². The van der Waals surface area contributed by atoms with E-state index in [1.54, 1.807) is 0 Å². The van der Waals surface area contributed by atoms with E-state index < -0.39 is 0 Å². The summed E-state index contributed by atoms with van der Waals surface area (Å²) in [7, 11) is 0. The molecule has 2 aromatic rings. The Morgan fingerprint density at radius 3 is 2.61 bits per heavy atom. The number of nitrogens with zero attached hydrogens (tertiary/aromatic N) is 2. The van der Waals surface area contributed by atoms with Crippen LogP contribution in [0, 0.1) is 6.92 Å². The van der Waals surface area contributed by atoms with Gasteiger partial charge in [-0.05, 0) is 34.8 Å². The number of rotatable bonds is 3. The largest absolute Gasteiger partial charge is 0.232 e. The Labute approximate surface area is 121 Å². The predicted molar refractivity (Wildman–Crippen MR) is 78.9 cm³/mol. The minimum Gasteiger partial charge on any atom is -0.232 e. The standard InChI is InChI=1S/C14H14BrClN2/c1-3-6-11-12(15)13(16)18-14(17-11)10-8-5-4-7-9(10)2/h4-5,7-8H,3,6H2,1-2H3. The van der Waals surface area contributed by atoms with Crippen LogP contribution in [0.3, 0.4) is 0 Å². The molecule has 18 heavy (non-hydrogen) atoms. The summed E-state index contributed by atoms with van der Waals surface area (Å²) in [5.74, 6) is 0.699. The third kappa shape index (κ3) is 2.73. The van der Waals surface area contributed by atoms with Crippen LogP contribution in [0.4, 0.5) is 0 Å². The summed E-state index contributed by atoms with van der Waals surface area (Å²) in [5, 5.41) is 0.478. The van der Waals surface area contributed by atoms with Crippen molar-refractivity contribution < 1.29 is 0 Å². The number of benzene rings is 1. The molecule has 2 rings (SSSR count). The first kappa shape index (κ1) is 13.5. The van der Waals surface area contributed by atoms with Crippen LogP contribution >= 0.6 is 27.5 Å². The van der Waals surface area contributed by atoms with Crippen LogP contribution in [-0.4, -0.2) is 9.97 Å². The van der Waals surface area contributed by atoms with E-state index in [4.69, 9.17) is 11.6 Å². The van der Waals surface area contributed by atoms with Crippen molar-refractivity contribution in [1.82, 2.24) is 9.97 Å². The molecular weight excluding hydrogens is 312 g/mol. The number of hydrogen-bond donors (Lipinski definition) is 0. The van der Waals surface area contributed by atoms with E-state index >= 15 is 0 Å². The minimum atomic E-state index is 0.478. The first-order chi connectivity index (χ1) is 8.63. The Morgan fingerprint density at radius 2 is 1.94 bits per heavy atom. The zero-order chi connectivity index (χ0) is 13.1. The van der Waals surface area contributed by atoms with E-state index in [0.717, 1.165) is 34.1 Å². The zero-order valence-electron chi connectivity index (χ0n) is 10.4. The van der Waals surface area contributed by atoms with Gasteiger partial charge in [-0.25, -0.2) is 9.97 Å². The van der Waals surface area contributed by atoms with E-state index in [9.17, 15) is 0 Å². The lowest BCUT2D eigenvalue weighted by atomic mass is 10.1. The molecule has 0 saturated heterocycles. The fraction of sp³-hybridized carbons (Fsp3) is 0.286. The highest BCUT2D eigenvalue weighted by atomic mass is 79.9. The van der Waals surface area contributed by atoms with Gasteiger partial charge in [-0.3, -0.25) is 0 Å². The highest BCUT2D eigenvalue weighted by Crippen LogP contribution is 2.28. The van der Waals surface area contributed by atoms with Gasteiger partial charge in [-0.2, -0.15) is 0 Å². The molecule has 1 heterocycles. The average Bonchev–Trinajstić information content (AvgIpc) is 2.35. The molecule has 0 aliphatic rings. The van der Waals surface area contributed by atoms with Gasteiger partial charge in [0, 0.05) is 5.56 Å². The Kier molecular flexibility index (Phi) is 4.36. The highest BCUT2D eigenvalue weighted by Gasteiger charge is 2.12. The molecule has 0 bridgehead atoms. The summed E-state index contributed by atoms with van der Waals surface area (Å²) in [6.45, 7) is 4.17. The van der Waals surface area contributed by atoms with Crippen molar-refractivity contribution in [2.45, 2.75) is 26.7 Å². The van der Waals surface area contributed by atoms with Crippen molar-refractivity contribution in [2.24, 2.45) is 0 Å². The zero-order valence-corrected chi connectivity index (χ0v) is 12.7. The maximum absolute atomic E-state index is 6.16. The molecule has 0 unspecified atom stereocenters. The van der Waals surface area contributed by atoms with Gasteiger partial charge < -0.3 is 0 Å². The van der Waals surface area contributed by atoms with Gasteiger partial charge in [-0.15, -0.1) is 0 Å². The van der Waals surface area contributed by atoms with Crippen molar-refractivity contribution in [3.63, 3.8) is 0 Å². The number of aryl methyl sites for hydroxylation is 2. The smallest absolute Gasteiger partial charge is 0.161 e. The molecule has 0 atom stereocenters. The van der Waals surface area contributed by atoms with Crippen LogP contribution in [-0.2, 0) is 6.42 Å². The first-order valence-corrected chi connectivity index (χ1v) is 7.08. The third-order valence-corrected chi connectivity index (χ3v) is 4.09. The number of halogens is 2. The fourth-order valence-corrected chi connectivity index (χ4v) is 2.37. The second-order valence-electron chi connectivity index (χ2n) is 4.16. The summed E-state index contributed by atoms with van der Waals surface area (Å²) in [6, 6.07) is 8.06. The molecule has 94 valence electrons. The predicted octanol–water partition coefficient (Wildman–Crippen LogP) is 4.82. The summed E-state index contributed by atoms with van der Waals surface area (Å²) in [4.78, 5) is 8.97. The van der Waals surface area contributed by atoms with Crippen LogP contribution in [0.5, 0.6) is 0 Å². The quantitative estimate of drug-likeness (QED) is 0.756. The molecule has 0 aliphatic carbocycles. The van der Waals surface area contributed by atoms with Crippen molar-refractivity contribution in [3.8, 4) is 11.4 Å². The van der Waals surface area contributed by atoms with E-state index in [2.05, 4.69) is 32.8 Å². The van der Waals surface area contributed by atoms with Crippen molar-refractivity contribution in [1.29, 1.82) is 0 Å². The first-order valence-electron chi connectivity index (χ1n) is 5.91. The third-order valence-electron chi connectivity index (χ3n) is 2.75. The van der Waals surface area contributed by atoms with Gasteiger partial charge in [0.05, 0.1) is 10.2 Å². The van der Waals surface area contributed by atoms with Crippen molar-refractivity contribution in [2.75, 3.05) is 0 Å². The SMILES string of the molecule is CCCc1nc(-c2ccccc2C)nc(Cl)c1Br. The van der Waals surface area contributed by atoms with Gasteiger partial charge in [-0.1, -0.05) is 49.2 Å². The minimum absolute atomic E-state index is 0.478. The molecule has 0 aliphatic heterocycles. The molecule has 0 fully saturated rings. The Morgan fingerprint density at radius 1 is 1.22 bits per heavy atom. The Bertz CT molecular complexity index is 570. The van der Waals surface area contributed by atoms with Gasteiger partial charge in [0.1, 0.15) is 5.15 Å². The molecule has 1 aromatic carbocycles. The van der Waals surface area contributed by atoms with E-state index in [0.29, 0.717) is 11.0 Å². The summed E-state index contributed by atoms with van der Waals surface area (Å²) < 4.78 is 0.809. The van der Waals surface area contributed by atoms with Gasteiger partial charge in [0.15, 0.2) is 5.82 Å². The fourth-order valence-electron chi connectivity index (χ4n) is 1.81. The van der Waals surface area contributed by atoms with Gasteiger partial charge in [0.2, 0.25) is 0 Å². The van der Waals surface area contributed by atoms with E-state index in [-0.39, 0.29) is 0 Å². The summed E-state index contributed by atoms with van der Waals surface area (Å²) in [6.07, 6.45) is 1.92. The van der Waals surface area contributed by atoms with E-state index in [1.165, 1.54) is 0 Å². The molecule has 2 nitrogen and oxygen atoms in total. The molecular formula is C14H14BrClN2. The Balaban J connectivity index is 2.56. The van der Waals surface area contributed by atoms with Gasteiger partial charge >= 0.3 is 0 Å². The molecule has 0 radical (unpaired) electrons. The molecule has 0 spiro atoms. The topological polar surface area (TPSA) is 25.8 Å². The maximum Gasteiger partial charge on any atom is 0.161 e. The van der Waals surface area contributed by atoms with E-state index in [1.807, 2.05) is 31.2 Å². The van der Waals surface area contributed by atoms with Crippen LogP contribution in [0.2, 0.25) is 5.15 Å². The lowest BCUT2D eigenvalue weighted by molar-refractivity contribution is 0.868. The number of aromatic nitrogens is 2. The molecule has 0 saturated carbocycles. The van der Waals surface area contributed by atoms with Crippen molar-refractivity contribution >= 4 is 27.5 Å².